The second-order valence-corrected chi connectivity index (χ2v) is 12.0. The summed E-state index contributed by atoms with van der Waals surface area (Å²) in [6.45, 7) is 3.29. The zero-order chi connectivity index (χ0) is 25.0. The third-order valence-electron chi connectivity index (χ3n) is 7.23. The molecule has 0 radical (unpaired) electrons. The van der Waals surface area contributed by atoms with E-state index < -0.39 is 44.1 Å². The van der Waals surface area contributed by atoms with Crippen molar-refractivity contribution < 1.29 is 26.3 Å². The van der Waals surface area contributed by atoms with E-state index in [0.29, 0.717) is 21.1 Å². The van der Waals surface area contributed by atoms with Gasteiger partial charge in [0.15, 0.2) is 0 Å². The smallest absolute Gasteiger partial charge is 0.244 e. The summed E-state index contributed by atoms with van der Waals surface area (Å²) in [5.74, 6) is -15.7. The van der Waals surface area contributed by atoms with Crippen LogP contribution in [0.1, 0.15) is 25.0 Å². The molecule has 1 saturated carbocycles. The van der Waals surface area contributed by atoms with Crippen LogP contribution in [0.5, 0.6) is 0 Å². The molecule has 0 spiro atoms. The first-order valence-corrected chi connectivity index (χ1v) is 12.4. The van der Waals surface area contributed by atoms with E-state index in [4.69, 9.17) is 0 Å². The van der Waals surface area contributed by atoms with Crippen LogP contribution in [-0.2, 0) is 0 Å². The minimum absolute atomic E-state index is 0.193. The summed E-state index contributed by atoms with van der Waals surface area (Å²) >= 11 is 2.38. The molecule has 180 valence electrons. The van der Waals surface area contributed by atoms with E-state index in [1.165, 1.54) is 17.8 Å². The first-order chi connectivity index (χ1) is 16.4. The molecule has 0 saturated heterocycles. The van der Waals surface area contributed by atoms with Crippen molar-refractivity contribution in [2.75, 3.05) is 0 Å². The number of halogens is 6. The van der Waals surface area contributed by atoms with E-state index in [2.05, 4.69) is 4.99 Å². The number of fused-ring (bicyclic) bond motifs is 4. The van der Waals surface area contributed by atoms with Crippen LogP contribution in [-0.4, -0.2) is 32.3 Å². The van der Waals surface area contributed by atoms with Crippen molar-refractivity contribution in [3.05, 3.63) is 100 Å². The van der Waals surface area contributed by atoms with E-state index in [9.17, 15) is 8.78 Å². The first-order valence-electron chi connectivity index (χ1n) is 10.8. The maximum Gasteiger partial charge on any atom is 0.380 e. The van der Waals surface area contributed by atoms with E-state index in [-0.39, 0.29) is 5.57 Å². The molecule has 2 aromatic rings. The lowest BCUT2D eigenvalue weighted by Crippen LogP contribution is -2.49. The largest absolute Gasteiger partial charge is 0.380 e. The molecule has 2 aliphatic carbocycles. The van der Waals surface area contributed by atoms with Gasteiger partial charge in [0.2, 0.25) is 0 Å². The zero-order valence-electron chi connectivity index (χ0n) is 18.4. The van der Waals surface area contributed by atoms with Gasteiger partial charge in [0, 0.05) is 16.0 Å². The van der Waals surface area contributed by atoms with Crippen LogP contribution in [0.4, 0.5) is 26.3 Å². The fraction of sp³-hybridized carbons (Fsp3) is 0.269. The summed E-state index contributed by atoms with van der Waals surface area (Å²) in [7, 11) is 0. The highest BCUT2D eigenvalue weighted by Crippen LogP contribution is 2.74. The predicted molar refractivity (Wildman–Crippen MR) is 128 cm³/mol. The fourth-order valence-electron chi connectivity index (χ4n) is 5.17. The lowest BCUT2D eigenvalue weighted by molar-refractivity contribution is -0.258. The number of alkyl halides is 6. The molecule has 1 nitrogen and oxygen atoms in total. The van der Waals surface area contributed by atoms with E-state index >= 15 is 17.6 Å². The Hall–Kier alpha value is -2.39. The van der Waals surface area contributed by atoms with E-state index in [1.807, 2.05) is 0 Å². The van der Waals surface area contributed by atoms with Crippen LogP contribution in [0, 0.1) is 0 Å². The Balaban J connectivity index is 1.68. The number of rotatable bonds is 2. The van der Waals surface area contributed by atoms with Crippen molar-refractivity contribution >= 4 is 33.5 Å². The van der Waals surface area contributed by atoms with Crippen molar-refractivity contribution in [3.63, 3.8) is 0 Å². The normalized spacial score (nSPS) is 31.7. The Kier molecular flexibility index (Phi) is 4.53. The van der Waals surface area contributed by atoms with Gasteiger partial charge >= 0.3 is 17.8 Å². The molecule has 35 heavy (non-hydrogen) atoms. The van der Waals surface area contributed by atoms with E-state index in [1.54, 1.807) is 74.5 Å². The van der Waals surface area contributed by atoms with Gasteiger partial charge in [0.25, 0.3) is 0 Å². The van der Waals surface area contributed by atoms with Gasteiger partial charge in [-0.1, -0.05) is 72.4 Å². The highest BCUT2D eigenvalue weighted by atomic mass is 32.2. The van der Waals surface area contributed by atoms with Crippen LogP contribution >= 0.6 is 23.5 Å². The molecule has 0 amide bonds. The molecular weight excluding hydrogens is 504 g/mol. The van der Waals surface area contributed by atoms with Crippen LogP contribution in [0.25, 0.3) is 4.91 Å². The van der Waals surface area contributed by atoms with Crippen LogP contribution in [0.3, 0.4) is 0 Å². The molecule has 2 aliphatic heterocycles. The summed E-state index contributed by atoms with van der Waals surface area (Å²) in [5.41, 5.74) is -1.93. The Morgan fingerprint density at radius 1 is 0.657 bits per heavy atom. The van der Waals surface area contributed by atoms with Crippen molar-refractivity contribution in [2.24, 2.45) is 4.99 Å². The summed E-state index contributed by atoms with van der Waals surface area (Å²) in [6, 6.07) is 17.6. The van der Waals surface area contributed by atoms with Crippen molar-refractivity contribution in [2.45, 2.75) is 41.1 Å². The van der Waals surface area contributed by atoms with Crippen molar-refractivity contribution in [3.8, 4) is 0 Å². The van der Waals surface area contributed by atoms with Crippen LogP contribution < -0.4 is 0 Å². The predicted octanol–water partition coefficient (Wildman–Crippen LogP) is 7.97. The maximum absolute atomic E-state index is 15.3. The number of thioether (sulfide) groups is 2. The number of benzene rings is 2. The molecule has 2 unspecified atom stereocenters. The third kappa shape index (κ3) is 2.63. The topological polar surface area (TPSA) is 12.4 Å². The SMILES string of the molecule is CC12SC(c3ccccc3)=CC1=C1C(=C3N=C(c4ccccc4)SC32C)C(F)(F)C(F)(F)C1(F)F. The minimum Gasteiger partial charge on any atom is -0.244 e. The Bertz CT molecular complexity index is 1290. The Morgan fingerprint density at radius 3 is 1.80 bits per heavy atom. The second kappa shape index (κ2) is 6.88. The standard InChI is InChI=1S/C26H17F6NS2/c1-22-16(13-17(34-22)14-9-5-3-6-10-14)18-19(25(29,30)26(31,32)24(18,27)28)20-23(22,2)35-21(33-20)15-11-7-4-8-12-15/h3-13H,1-2H3. The Labute approximate surface area is 206 Å². The summed E-state index contributed by atoms with van der Waals surface area (Å²) in [6.07, 6.45) is 1.38. The average Bonchev–Trinajstić information content (AvgIpc) is 3.40. The summed E-state index contributed by atoms with van der Waals surface area (Å²) in [5, 5.41) is 0.334. The highest BCUT2D eigenvalue weighted by molar-refractivity contribution is 8.18. The minimum atomic E-state index is -5.58. The van der Waals surface area contributed by atoms with Gasteiger partial charge in [0.05, 0.1) is 20.8 Å². The molecule has 0 N–H and O–H groups in total. The van der Waals surface area contributed by atoms with Gasteiger partial charge in [-0.2, -0.15) is 26.3 Å². The molecule has 0 bridgehead atoms. The van der Waals surface area contributed by atoms with Crippen molar-refractivity contribution in [1.82, 2.24) is 0 Å². The van der Waals surface area contributed by atoms with Gasteiger partial charge in [0.1, 0.15) is 5.04 Å². The number of nitrogens with zero attached hydrogens (tertiary/aromatic N) is 1. The summed E-state index contributed by atoms with van der Waals surface area (Å²) < 4.78 is 88.0. The molecule has 9 heteroatoms. The molecule has 6 rings (SSSR count). The molecular formula is C26H17F6NS2. The monoisotopic (exact) mass is 521 g/mol. The lowest BCUT2D eigenvalue weighted by atomic mass is 9.74. The molecule has 4 aliphatic rings. The van der Waals surface area contributed by atoms with Crippen molar-refractivity contribution in [1.29, 1.82) is 0 Å². The molecule has 0 aromatic heterocycles. The van der Waals surface area contributed by atoms with E-state index in [0.717, 1.165) is 11.8 Å². The lowest BCUT2D eigenvalue weighted by Gasteiger charge is -2.46. The van der Waals surface area contributed by atoms with Gasteiger partial charge in [-0.05, 0) is 31.1 Å². The van der Waals surface area contributed by atoms with Crippen LogP contribution in [0.15, 0.2) is 94.1 Å². The second-order valence-electron chi connectivity index (χ2n) is 9.16. The number of hydrogen-bond acceptors (Lipinski definition) is 3. The molecule has 2 atom stereocenters. The number of aliphatic imine (C=N–C) groups is 1. The maximum atomic E-state index is 15.3. The quantitative estimate of drug-likeness (QED) is 0.372. The molecule has 1 fully saturated rings. The molecule has 2 aromatic carbocycles. The third-order valence-corrected chi connectivity index (χ3v) is 10.5. The summed E-state index contributed by atoms with van der Waals surface area (Å²) in [4.78, 5) is 4.92. The van der Waals surface area contributed by atoms with Gasteiger partial charge in [-0.25, -0.2) is 4.99 Å². The Morgan fingerprint density at radius 2 is 1.20 bits per heavy atom. The number of hydrogen-bond donors (Lipinski definition) is 0. The first kappa shape index (κ1) is 23.0. The van der Waals surface area contributed by atoms with Gasteiger partial charge in [-0.3, -0.25) is 0 Å². The average molecular weight is 522 g/mol. The zero-order valence-corrected chi connectivity index (χ0v) is 20.0. The van der Waals surface area contributed by atoms with Crippen LogP contribution in [0.2, 0.25) is 0 Å². The van der Waals surface area contributed by atoms with Gasteiger partial charge in [-0.15, -0.1) is 11.8 Å². The fourth-order valence-corrected chi connectivity index (χ4v) is 8.18. The number of allylic oxidation sites excluding steroid dienone is 3. The highest BCUT2D eigenvalue weighted by Gasteiger charge is 2.84. The van der Waals surface area contributed by atoms with Gasteiger partial charge < -0.3 is 0 Å². The molecule has 2 heterocycles.